The molecule has 2 aromatic carbocycles. The van der Waals surface area contributed by atoms with Gasteiger partial charge in [-0.05, 0) is 30.5 Å². The van der Waals surface area contributed by atoms with E-state index in [4.69, 9.17) is 9.15 Å². The van der Waals surface area contributed by atoms with Gasteiger partial charge in [0.15, 0.2) is 0 Å². The summed E-state index contributed by atoms with van der Waals surface area (Å²) in [5, 5.41) is 0. The predicted octanol–water partition coefficient (Wildman–Crippen LogP) is 1.48. The first-order valence-corrected chi connectivity index (χ1v) is 12.3. The number of aryl methyl sites for hydroxylation is 1. The third-order valence-electron chi connectivity index (χ3n) is 4.70. The fraction of sp³-hybridized carbons (Fsp3) is 0.227. The molecule has 3 aromatic rings. The van der Waals surface area contributed by atoms with Crippen LogP contribution in [0, 0.1) is 9.39 Å². The summed E-state index contributed by atoms with van der Waals surface area (Å²) in [5.74, 6) is 0.983. The summed E-state index contributed by atoms with van der Waals surface area (Å²) < 4.78 is 26.5. The number of benzene rings is 2. The number of rotatable bonds is 5. The number of nitrogens with zero attached hydrogens (tertiary/aromatic N) is 1. The molecule has 0 bridgehead atoms. The quantitative estimate of drug-likeness (QED) is 0.401. The molecule has 4 rings (SSSR count). The van der Waals surface area contributed by atoms with E-state index >= 15 is 0 Å². The second-order valence-corrected chi connectivity index (χ2v) is 8.86. The minimum atomic E-state index is -0.344. The molecule has 0 radical (unpaired) electrons. The van der Waals surface area contributed by atoms with E-state index in [1.165, 1.54) is 15.7 Å². The molecule has 1 amide bonds. The Hall–Kier alpha value is -2.35. The van der Waals surface area contributed by atoms with E-state index in [0.29, 0.717) is 18.0 Å². The Bertz CT molecular complexity index is 984. The summed E-state index contributed by atoms with van der Waals surface area (Å²) in [6, 6.07) is 16.1. The number of ether oxygens (including phenoxy) is 1. The molecular formula is C22H20FINO3-. The van der Waals surface area contributed by atoms with Crippen LogP contribution >= 0.6 is 0 Å². The summed E-state index contributed by atoms with van der Waals surface area (Å²) in [7, 11) is 0. The average Bonchev–Trinajstić information content (AvgIpc) is 3.20. The van der Waals surface area contributed by atoms with Gasteiger partial charge in [-0.2, -0.15) is 0 Å². The van der Waals surface area contributed by atoms with Gasteiger partial charge in [0.1, 0.15) is 5.82 Å². The average molecular weight is 492 g/mol. The van der Waals surface area contributed by atoms with Gasteiger partial charge in [-0.3, -0.25) is 0 Å². The maximum absolute atomic E-state index is 13.7. The Labute approximate surface area is 173 Å². The van der Waals surface area contributed by atoms with Crippen molar-refractivity contribution in [1.82, 2.24) is 0 Å². The van der Waals surface area contributed by atoms with Crippen LogP contribution in [0.3, 0.4) is 0 Å². The zero-order chi connectivity index (χ0) is 19.5. The molecule has 0 unspecified atom stereocenters. The van der Waals surface area contributed by atoms with Gasteiger partial charge >= 0.3 is 127 Å². The summed E-state index contributed by atoms with van der Waals surface area (Å²) >= 11 is 0.0705. The topological polar surface area (TPSA) is 42.7 Å². The Balaban J connectivity index is 1.45. The molecule has 0 N–H and O–H groups in total. The number of carbonyl (C=O) groups excluding carboxylic acids is 1. The Morgan fingerprint density at radius 2 is 2.00 bits per heavy atom. The molecular weight excluding hydrogens is 472 g/mol. The van der Waals surface area contributed by atoms with Crippen molar-refractivity contribution in [2.45, 2.75) is 19.4 Å². The number of halogens is 2. The fourth-order valence-corrected chi connectivity index (χ4v) is 4.35. The third-order valence-corrected chi connectivity index (χ3v) is 6.66. The molecule has 0 saturated heterocycles. The predicted molar refractivity (Wildman–Crippen MR) is 101 cm³/mol. The van der Waals surface area contributed by atoms with Crippen molar-refractivity contribution in [2.24, 2.45) is 0 Å². The van der Waals surface area contributed by atoms with E-state index in [2.05, 4.69) is 17.1 Å². The van der Waals surface area contributed by atoms with Crippen molar-refractivity contribution in [3.63, 3.8) is 0 Å². The molecule has 0 spiro atoms. The first kappa shape index (κ1) is 19.0. The van der Waals surface area contributed by atoms with Crippen molar-refractivity contribution in [1.29, 1.82) is 0 Å². The molecule has 4 nitrogen and oxygen atoms in total. The summed E-state index contributed by atoms with van der Waals surface area (Å²) in [5.41, 5.74) is 1.61. The number of alkyl halides is 1. The van der Waals surface area contributed by atoms with Gasteiger partial charge in [-0.1, -0.05) is 6.07 Å². The molecule has 28 heavy (non-hydrogen) atoms. The Morgan fingerprint density at radius 1 is 1.18 bits per heavy atom. The van der Waals surface area contributed by atoms with Gasteiger partial charge in [0.25, 0.3) is 0 Å². The van der Waals surface area contributed by atoms with Crippen LogP contribution in [0.2, 0.25) is 0 Å². The zero-order valence-electron chi connectivity index (χ0n) is 15.5. The van der Waals surface area contributed by atoms with E-state index in [9.17, 15) is 9.18 Å². The molecule has 1 aliphatic heterocycles. The van der Waals surface area contributed by atoms with Crippen LogP contribution in [0.25, 0.3) is 0 Å². The second-order valence-electron chi connectivity index (χ2n) is 6.53. The normalized spacial score (nSPS) is 13.4. The number of carbonyl (C=O) groups is 1. The fourth-order valence-electron chi connectivity index (χ4n) is 3.27. The van der Waals surface area contributed by atoms with Crippen LogP contribution < -0.4 is 30.8 Å². The van der Waals surface area contributed by atoms with Crippen molar-refractivity contribution >= 4 is 11.6 Å². The summed E-state index contributed by atoms with van der Waals surface area (Å²) in [4.78, 5) is 16.7. The van der Waals surface area contributed by atoms with Gasteiger partial charge in [0, 0.05) is 0 Å². The maximum atomic E-state index is 13.7. The Kier molecular flexibility index (Phi) is 5.66. The van der Waals surface area contributed by atoms with Crippen molar-refractivity contribution < 1.29 is 39.5 Å². The third kappa shape index (κ3) is 4.06. The number of anilines is 1. The Morgan fingerprint density at radius 3 is 2.79 bits per heavy atom. The molecule has 0 saturated carbocycles. The zero-order valence-corrected chi connectivity index (χ0v) is 17.6. The molecule has 0 atom stereocenters. The monoisotopic (exact) mass is 492 g/mol. The first-order valence-electron chi connectivity index (χ1n) is 9.05. The number of furan rings is 1. The molecule has 1 aromatic heterocycles. The van der Waals surface area contributed by atoms with Crippen LogP contribution in [-0.2, 0) is 13.0 Å². The van der Waals surface area contributed by atoms with Crippen molar-refractivity contribution in [3.8, 4) is 5.75 Å². The van der Waals surface area contributed by atoms with Gasteiger partial charge < -0.3 is 0 Å². The van der Waals surface area contributed by atoms with Gasteiger partial charge in [0.2, 0.25) is 0 Å². The van der Waals surface area contributed by atoms with E-state index in [0.717, 1.165) is 24.2 Å². The van der Waals surface area contributed by atoms with Crippen LogP contribution in [0.5, 0.6) is 5.75 Å². The second kappa shape index (κ2) is 8.34. The van der Waals surface area contributed by atoms with Crippen molar-refractivity contribution in [2.75, 3.05) is 16.4 Å². The number of hydrogen-bond acceptors (Lipinski definition) is 3. The van der Waals surface area contributed by atoms with Gasteiger partial charge in [0.05, 0.1) is 0 Å². The number of hydrogen-bond donors (Lipinski definition) is 0. The molecule has 6 heteroatoms. The SMILES string of the molecule is C[I-]c1ccc(OCc2ccc(C(=O)N3CCCc4ccc(F)cc43)o2)cc1. The molecule has 0 fully saturated rings. The molecule has 1 aliphatic rings. The van der Waals surface area contributed by atoms with E-state index < -0.39 is 0 Å². The number of amides is 1. The van der Waals surface area contributed by atoms with Crippen LogP contribution in [-0.4, -0.2) is 17.4 Å². The van der Waals surface area contributed by atoms with Crippen LogP contribution in [0.15, 0.2) is 59.0 Å². The van der Waals surface area contributed by atoms with Crippen LogP contribution in [0.4, 0.5) is 10.1 Å². The van der Waals surface area contributed by atoms with E-state index in [1.54, 1.807) is 23.1 Å². The molecule has 0 aliphatic carbocycles. The van der Waals surface area contributed by atoms with Gasteiger partial charge in [-0.25, -0.2) is 4.39 Å². The van der Waals surface area contributed by atoms with E-state index in [1.807, 2.05) is 12.1 Å². The minimum absolute atomic E-state index is 0.0705. The molecule has 2 heterocycles. The standard InChI is InChI=1S/C22H20FINO3/c1-24-17-6-8-18(9-7-17)27-14-19-10-11-21(28-19)22(26)25-12-2-3-15-4-5-16(23)13-20(15)25/h4-11,13H,2-3,12,14H2,1H3/q-1. The van der Waals surface area contributed by atoms with Gasteiger partial charge in [-0.15, -0.1) is 0 Å². The molecule has 146 valence electrons. The van der Waals surface area contributed by atoms with Crippen molar-refractivity contribution in [3.05, 3.63) is 81.1 Å². The van der Waals surface area contributed by atoms with E-state index in [-0.39, 0.29) is 45.3 Å². The first-order chi connectivity index (χ1) is 13.6. The number of fused-ring (bicyclic) bond motifs is 1. The summed E-state index contributed by atoms with van der Waals surface area (Å²) in [6.45, 7) is 0.799. The van der Waals surface area contributed by atoms with Crippen LogP contribution in [0.1, 0.15) is 28.3 Å². The summed E-state index contributed by atoms with van der Waals surface area (Å²) in [6.07, 6.45) is 1.69.